The van der Waals surface area contributed by atoms with Crippen molar-refractivity contribution < 1.29 is 20.1 Å². The summed E-state index contributed by atoms with van der Waals surface area (Å²) >= 11 is 0. The monoisotopic (exact) mass is 856 g/mol. The summed E-state index contributed by atoms with van der Waals surface area (Å²) < 4.78 is 2.31. The van der Waals surface area contributed by atoms with Gasteiger partial charge in [-0.15, -0.1) is 46.5 Å². The van der Waals surface area contributed by atoms with Crippen LogP contribution in [-0.4, -0.2) is 19.5 Å². The van der Waals surface area contributed by atoms with E-state index in [9.17, 15) is 0 Å². The fourth-order valence-electron chi connectivity index (χ4n) is 7.22. The summed E-state index contributed by atoms with van der Waals surface area (Å²) in [4.78, 5) is 15.4. The van der Waals surface area contributed by atoms with E-state index >= 15 is 0 Å². The first-order valence-electron chi connectivity index (χ1n) is 17.8. The Hall–Kier alpha value is -4.96. The predicted molar refractivity (Wildman–Crippen MR) is 206 cm³/mol. The van der Waals surface area contributed by atoms with E-state index in [-0.39, 0.29) is 20.1 Å². The Labute approximate surface area is 322 Å². The first kappa shape index (κ1) is 36.8. The van der Waals surface area contributed by atoms with Crippen molar-refractivity contribution in [3.63, 3.8) is 0 Å². The van der Waals surface area contributed by atoms with Crippen LogP contribution in [0.5, 0.6) is 0 Å². The minimum atomic E-state index is -0.688. The molecule has 0 radical (unpaired) electrons. The maximum atomic E-state index is 5.60. The van der Waals surface area contributed by atoms with Crippen molar-refractivity contribution in [3.05, 3.63) is 203 Å². The summed E-state index contributed by atoms with van der Waals surface area (Å²) in [6.45, 7) is 13.5. The smallest absolute Gasteiger partial charge is 0.339 e. The van der Waals surface area contributed by atoms with Gasteiger partial charge in [-0.2, -0.15) is 60.7 Å². The molecule has 0 saturated carbocycles. The number of imidazole rings is 1. The van der Waals surface area contributed by atoms with E-state index in [1.807, 2.05) is 60.9 Å². The summed E-state index contributed by atoms with van der Waals surface area (Å²) in [6, 6.07) is 52.5. The number of aromatic nitrogens is 4. The second-order valence-corrected chi connectivity index (χ2v) is 14.1. The molecule has 7 rings (SSSR count). The van der Waals surface area contributed by atoms with Crippen molar-refractivity contribution in [1.29, 1.82) is 0 Å². The Bertz CT molecular complexity index is 2120. The SMILES string of the molecule is CC(C)c1cccc(C(C)C)c1-n1cc([C@](C)(c2[c-]cccc2)c2ccccn2)nc1-c1[c-]c(C(C)(c2[c-]cccc2)c2ccccn2)ccc1.[Ir+3]. The molecule has 4 aromatic carbocycles. The second kappa shape index (κ2) is 15.3. The maximum absolute atomic E-state index is 5.60. The molecule has 260 valence electrons. The van der Waals surface area contributed by atoms with E-state index < -0.39 is 10.8 Å². The molecule has 0 aliphatic carbocycles. The fourth-order valence-corrected chi connectivity index (χ4v) is 7.22. The molecule has 5 heteroatoms. The summed E-state index contributed by atoms with van der Waals surface area (Å²) in [5.74, 6) is 1.40. The molecule has 7 aromatic rings. The molecular formula is C47H43IrN4. The van der Waals surface area contributed by atoms with Crippen LogP contribution in [-0.2, 0) is 30.9 Å². The van der Waals surface area contributed by atoms with Crippen LogP contribution in [0.1, 0.15) is 98.3 Å². The third-order valence-electron chi connectivity index (χ3n) is 10.2. The van der Waals surface area contributed by atoms with Gasteiger partial charge in [0, 0.05) is 29.7 Å². The zero-order valence-electron chi connectivity index (χ0n) is 30.6. The molecule has 0 fully saturated rings. The zero-order valence-corrected chi connectivity index (χ0v) is 33.0. The van der Waals surface area contributed by atoms with Crippen molar-refractivity contribution in [2.45, 2.75) is 64.2 Å². The van der Waals surface area contributed by atoms with Crippen molar-refractivity contribution in [2.75, 3.05) is 0 Å². The Morgan fingerprint density at radius 1 is 0.558 bits per heavy atom. The van der Waals surface area contributed by atoms with Crippen LogP contribution < -0.4 is 0 Å². The molecule has 4 nitrogen and oxygen atoms in total. The molecule has 0 amide bonds. The Morgan fingerprint density at radius 3 is 1.60 bits per heavy atom. The average molecular weight is 856 g/mol. The van der Waals surface area contributed by atoms with Crippen LogP contribution in [0.2, 0.25) is 0 Å². The number of para-hydroxylation sites is 1. The number of nitrogens with zero attached hydrogens (tertiary/aromatic N) is 4. The van der Waals surface area contributed by atoms with Gasteiger partial charge in [-0.25, -0.2) is 0 Å². The first-order chi connectivity index (χ1) is 24.7. The van der Waals surface area contributed by atoms with Gasteiger partial charge in [0.25, 0.3) is 0 Å². The van der Waals surface area contributed by atoms with Gasteiger partial charge >= 0.3 is 20.1 Å². The fraction of sp³-hybridized carbons (Fsp3) is 0.213. The average Bonchev–Trinajstić information content (AvgIpc) is 3.64. The van der Waals surface area contributed by atoms with E-state index in [2.05, 4.69) is 143 Å². The Morgan fingerprint density at radius 2 is 1.08 bits per heavy atom. The topological polar surface area (TPSA) is 43.6 Å². The molecule has 1 unspecified atom stereocenters. The molecule has 2 atom stereocenters. The summed E-state index contributed by atoms with van der Waals surface area (Å²) in [5, 5.41) is 0. The molecule has 0 spiro atoms. The van der Waals surface area contributed by atoms with E-state index in [1.165, 1.54) is 16.8 Å². The minimum Gasteiger partial charge on any atom is -0.339 e. The van der Waals surface area contributed by atoms with Crippen LogP contribution in [0.3, 0.4) is 0 Å². The molecule has 0 aliphatic rings. The van der Waals surface area contributed by atoms with Gasteiger partial charge in [0.05, 0.1) is 28.3 Å². The van der Waals surface area contributed by atoms with Gasteiger partial charge in [0.2, 0.25) is 0 Å². The van der Waals surface area contributed by atoms with Gasteiger partial charge in [0.1, 0.15) is 0 Å². The van der Waals surface area contributed by atoms with Gasteiger partial charge in [-0.05, 0) is 61.1 Å². The van der Waals surface area contributed by atoms with Gasteiger partial charge in [0.15, 0.2) is 0 Å². The molecule has 52 heavy (non-hydrogen) atoms. The molecule has 0 aliphatic heterocycles. The summed E-state index contributed by atoms with van der Waals surface area (Å²) in [7, 11) is 0. The third-order valence-corrected chi connectivity index (χ3v) is 10.2. The predicted octanol–water partition coefficient (Wildman–Crippen LogP) is 10.7. The second-order valence-electron chi connectivity index (χ2n) is 14.1. The standard InChI is InChI=1S/C47H43N4.Ir/c1-33(2)39-25-18-26-40(34(3)4)44(39)51-32-43(47(6,37-22-11-8-12-23-37)42-28-14-16-30-49-42)50-45(51)35-19-17-24-38(31-35)46(5,36-20-9-7-10-21-36)41-27-13-15-29-48-41;/h7-20,22,24-30,32-34H,1-6H3;/q-3;+3/t46?,47-;/m1./s1. The Kier molecular flexibility index (Phi) is 10.9. The van der Waals surface area contributed by atoms with Crippen molar-refractivity contribution >= 4 is 0 Å². The summed E-state index contributed by atoms with van der Waals surface area (Å²) in [5.41, 5.74) is 9.03. The van der Waals surface area contributed by atoms with E-state index in [1.54, 1.807) is 0 Å². The molecular weight excluding hydrogens is 813 g/mol. The number of hydrogen-bond donors (Lipinski definition) is 0. The first-order valence-corrected chi connectivity index (χ1v) is 17.8. The minimum absolute atomic E-state index is 0. The van der Waals surface area contributed by atoms with Crippen LogP contribution in [0.25, 0.3) is 17.1 Å². The van der Waals surface area contributed by atoms with Crippen LogP contribution in [0.15, 0.2) is 140 Å². The molecule has 0 bridgehead atoms. The van der Waals surface area contributed by atoms with Gasteiger partial charge < -0.3 is 4.57 Å². The van der Waals surface area contributed by atoms with Crippen molar-refractivity contribution in [1.82, 2.24) is 19.5 Å². The largest absolute Gasteiger partial charge is 3.00 e. The molecule has 0 saturated heterocycles. The van der Waals surface area contributed by atoms with Gasteiger partial charge in [-0.3, -0.25) is 15.0 Å². The molecule has 0 N–H and O–H groups in total. The molecule has 3 aromatic heterocycles. The number of hydrogen-bond acceptors (Lipinski definition) is 3. The third kappa shape index (κ3) is 6.60. The molecule has 3 heterocycles. The number of pyridine rings is 2. The van der Waals surface area contributed by atoms with Crippen LogP contribution in [0.4, 0.5) is 0 Å². The van der Waals surface area contributed by atoms with Gasteiger partial charge in [-0.1, -0.05) is 58.0 Å². The van der Waals surface area contributed by atoms with Crippen LogP contribution >= 0.6 is 0 Å². The van der Waals surface area contributed by atoms with E-state index in [4.69, 9.17) is 15.0 Å². The maximum Gasteiger partial charge on any atom is 3.00 e. The van der Waals surface area contributed by atoms with Crippen LogP contribution in [0, 0.1) is 18.2 Å². The van der Waals surface area contributed by atoms with Crippen molar-refractivity contribution in [3.8, 4) is 17.1 Å². The summed E-state index contributed by atoms with van der Waals surface area (Å²) in [6.07, 6.45) is 5.94. The number of benzene rings is 4. The zero-order chi connectivity index (χ0) is 35.6. The number of rotatable bonds is 10. The quantitative estimate of drug-likeness (QED) is 0.129. The Balaban J connectivity index is 0.00000464. The van der Waals surface area contributed by atoms with E-state index in [0.717, 1.165) is 45.2 Å². The van der Waals surface area contributed by atoms with E-state index in [0.29, 0.717) is 11.8 Å². The normalized spacial score (nSPS) is 13.7. The van der Waals surface area contributed by atoms with Crippen molar-refractivity contribution in [2.24, 2.45) is 0 Å².